The molecule has 2 N–H and O–H groups in total. The van der Waals surface area contributed by atoms with Gasteiger partial charge in [0.05, 0.1) is 49.2 Å². The summed E-state index contributed by atoms with van der Waals surface area (Å²) in [7, 11) is 2.35. The van der Waals surface area contributed by atoms with Crippen LogP contribution in [0.25, 0.3) is 0 Å². The molecule has 0 saturated heterocycles. The smallest absolute Gasteiger partial charge is 0.355 e. The van der Waals surface area contributed by atoms with Gasteiger partial charge in [-0.25, -0.2) is 9.59 Å². The van der Waals surface area contributed by atoms with Crippen molar-refractivity contribution >= 4 is 29.2 Å². The van der Waals surface area contributed by atoms with Gasteiger partial charge < -0.3 is 19.9 Å². The molecular formula is C27H21ClN4O5. The first-order chi connectivity index (χ1) is 17.9. The summed E-state index contributed by atoms with van der Waals surface area (Å²) in [4.78, 5) is 31.8. The summed E-state index contributed by atoms with van der Waals surface area (Å²) in [6.07, 6.45) is 3.08. The van der Waals surface area contributed by atoms with Crippen LogP contribution >= 0.6 is 11.6 Å². The first kappa shape index (κ1) is 25.3. The van der Waals surface area contributed by atoms with E-state index >= 15 is 0 Å². The van der Waals surface area contributed by atoms with E-state index in [0.717, 1.165) is 0 Å². The van der Waals surface area contributed by atoms with Crippen molar-refractivity contribution in [1.82, 2.24) is 4.98 Å². The monoisotopic (exact) mass is 516 g/mol. The van der Waals surface area contributed by atoms with Crippen molar-refractivity contribution in [1.29, 1.82) is 5.26 Å². The molecule has 9 nitrogen and oxygen atoms in total. The molecule has 186 valence electrons. The van der Waals surface area contributed by atoms with Crippen LogP contribution in [-0.4, -0.2) is 31.1 Å². The van der Waals surface area contributed by atoms with Gasteiger partial charge in [-0.1, -0.05) is 41.9 Å². The lowest BCUT2D eigenvalue weighted by molar-refractivity contribution is -0.139. The lowest BCUT2D eigenvalue weighted by Gasteiger charge is -2.36. The maximum absolute atomic E-state index is 13.3. The second-order valence-corrected chi connectivity index (χ2v) is 8.17. The molecule has 1 atom stereocenters. The van der Waals surface area contributed by atoms with Crippen LogP contribution in [0.2, 0.25) is 5.02 Å². The molecule has 0 fully saturated rings. The summed E-state index contributed by atoms with van der Waals surface area (Å²) >= 11 is 6.33. The van der Waals surface area contributed by atoms with Gasteiger partial charge in [0.15, 0.2) is 5.75 Å². The van der Waals surface area contributed by atoms with Crippen molar-refractivity contribution in [3.8, 4) is 17.6 Å². The third-order valence-electron chi connectivity index (χ3n) is 5.63. The molecule has 0 saturated carbocycles. The molecule has 3 aromatic rings. The lowest BCUT2D eigenvalue weighted by Crippen LogP contribution is -2.40. The highest BCUT2D eigenvalue weighted by Gasteiger charge is 2.43. The fourth-order valence-electron chi connectivity index (χ4n) is 4.05. The van der Waals surface area contributed by atoms with Gasteiger partial charge in [0.2, 0.25) is 0 Å². The van der Waals surface area contributed by atoms with Gasteiger partial charge in [-0.15, -0.1) is 0 Å². The molecule has 10 heteroatoms. The molecular weight excluding hydrogens is 496 g/mol. The highest BCUT2D eigenvalue weighted by atomic mass is 35.5. The van der Waals surface area contributed by atoms with E-state index in [-0.39, 0.29) is 39.1 Å². The largest absolute Gasteiger partial charge is 0.466 e. The number of pyridine rings is 1. The molecule has 2 heterocycles. The van der Waals surface area contributed by atoms with E-state index in [1.165, 1.54) is 31.4 Å². The molecule has 1 aliphatic heterocycles. The number of hydrogen-bond donors (Lipinski definition) is 1. The number of rotatable bonds is 6. The molecule has 2 aromatic carbocycles. The van der Waals surface area contributed by atoms with Crippen molar-refractivity contribution in [2.75, 3.05) is 19.1 Å². The van der Waals surface area contributed by atoms with Gasteiger partial charge in [-0.3, -0.25) is 9.88 Å². The van der Waals surface area contributed by atoms with Gasteiger partial charge in [-0.2, -0.15) is 5.26 Å². The fraction of sp³-hybridized carbons (Fsp3) is 0.111. The highest BCUT2D eigenvalue weighted by molar-refractivity contribution is 6.31. The van der Waals surface area contributed by atoms with E-state index in [1.807, 2.05) is 0 Å². The van der Waals surface area contributed by atoms with Gasteiger partial charge in [0.1, 0.15) is 17.3 Å². The van der Waals surface area contributed by atoms with Crippen LogP contribution < -0.4 is 15.4 Å². The minimum atomic E-state index is -0.995. The average Bonchev–Trinajstić information content (AvgIpc) is 2.93. The second kappa shape index (κ2) is 10.8. The number of esters is 2. The van der Waals surface area contributed by atoms with E-state index in [1.54, 1.807) is 60.8 Å². The predicted octanol–water partition coefficient (Wildman–Crippen LogP) is 4.43. The zero-order valence-electron chi connectivity index (χ0n) is 19.8. The van der Waals surface area contributed by atoms with Crippen LogP contribution in [0.4, 0.5) is 5.69 Å². The second-order valence-electron chi connectivity index (χ2n) is 7.74. The van der Waals surface area contributed by atoms with Crippen LogP contribution in [-0.2, 0) is 19.1 Å². The van der Waals surface area contributed by atoms with E-state index in [4.69, 9.17) is 31.5 Å². The molecule has 37 heavy (non-hydrogen) atoms. The number of halogens is 1. The number of methoxy groups -OCH3 is 2. The summed E-state index contributed by atoms with van der Waals surface area (Å²) in [6, 6.07) is 18.9. The number of anilines is 1. The summed E-state index contributed by atoms with van der Waals surface area (Å²) in [6.45, 7) is 0. The molecule has 4 rings (SSSR count). The molecule has 1 unspecified atom stereocenters. The third kappa shape index (κ3) is 4.83. The van der Waals surface area contributed by atoms with E-state index in [2.05, 4.69) is 11.1 Å². The number of benzene rings is 2. The Kier molecular flexibility index (Phi) is 7.41. The van der Waals surface area contributed by atoms with Crippen LogP contribution in [0.1, 0.15) is 11.5 Å². The first-order valence-electron chi connectivity index (χ1n) is 10.9. The van der Waals surface area contributed by atoms with Crippen molar-refractivity contribution in [2.24, 2.45) is 5.73 Å². The topological polar surface area (TPSA) is 128 Å². The SMILES string of the molecule is COC(=O)C1=C(C(=O)OC)N(c2cc(Cl)ccc2Oc2cccnc2)C(N)=C(C#N)C1c1ccccc1. The molecule has 0 aliphatic carbocycles. The molecule has 0 bridgehead atoms. The Balaban J connectivity index is 2.04. The first-order valence-corrected chi connectivity index (χ1v) is 11.3. The maximum atomic E-state index is 13.3. The van der Waals surface area contributed by atoms with Crippen LogP contribution in [0.3, 0.4) is 0 Å². The van der Waals surface area contributed by atoms with Crippen LogP contribution in [0.5, 0.6) is 11.5 Å². The number of nitrogens with zero attached hydrogens (tertiary/aromatic N) is 3. The Morgan fingerprint density at radius 2 is 1.78 bits per heavy atom. The Bertz CT molecular complexity index is 1450. The van der Waals surface area contributed by atoms with Gasteiger partial charge in [0.25, 0.3) is 0 Å². The fourth-order valence-corrected chi connectivity index (χ4v) is 4.22. The molecule has 0 radical (unpaired) electrons. The standard InChI is InChI=1S/C27H21ClN4O5/c1-35-26(33)23-22(16-7-4-3-5-8-16)19(14-29)25(30)32(24(23)27(34)36-2)20-13-17(28)10-11-21(20)37-18-9-6-12-31-15-18/h3-13,15,22H,30H2,1-2H3. The van der Waals surface area contributed by atoms with E-state index in [9.17, 15) is 14.9 Å². The molecule has 0 spiro atoms. The normalized spacial score (nSPS) is 15.2. The molecule has 0 amide bonds. The number of allylic oxidation sites excluding steroid dienone is 1. The van der Waals surface area contributed by atoms with Crippen molar-refractivity contribution in [3.63, 3.8) is 0 Å². The highest BCUT2D eigenvalue weighted by Crippen LogP contribution is 2.46. The van der Waals surface area contributed by atoms with Crippen LogP contribution in [0, 0.1) is 11.3 Å². The number of ether oxygens (including phenoxy) is 3. The third-order valence-corrected chi connectivity index (χ3v) is 5.87. The molecule has 1 aromatic heterocycles. The summed E-state index contributed by atoms with van der Waals surface area (Å²) < 4.78 is 16.1. The number of nitriles is 1. The summed E-state index contributed by atoms with van der Waals surface area (Å²) in [5.41, 5.74) is 6.97. The number of carbonyl (C=O) groups is 2. The quantitative estimate of drug-likeness (QED) is 0.473. The van der Waals surface area contributed by atoms with Crippen molar-refractivity contribution < 1.29 is 23.8 Å². The number of aromatic nitrogens is 1. The van der Waals surface area contributed by atoms with Gasteiger partial charge in [-0.05, 0) is 35.9 Å². The maximum Gasteiger partial charge on any atom is 0.355 e. The summed E-state index contributed by atoms with van der Waals surface area (Å²) in [5.74, 6) is -2.20. The zero-order chi connectivity index (χ0) is 26.5. The number of hydrogen-bond acceptors (Lipinski definition) is 9. The Morgan fingerprint density at radius 3 is 2.41 bits per heavy atom. The number of carbonyl (C=O) groups excluding carboxylic acids is 2. The molecule has 1 aliphatic rings. The summed E-state index contributed by atoms with van der Waals surface area (Å²) in [5, 5.41) is 10.5. The minimum absolute atomic E-state index is 0.0200. The number of nitrogens with two attached hydrogens (primary N) is 1. The van der Waals surface area contributed by atoms with Crippen LogP contribution in [0.15, 0.2) is 95.7 Å². The van der Waals surface area contributed by atoms with Crippen molar-refractivity contribution in [2.45, 2.75) is 5.92 Å². The Morgan fingerprint density at radius 1 is 1.05 bits per heavy atom. The van der Waals surface area contributed by atoms with Crippen molar-refractivity contribution in [3.05, 3.63) is 106 Å². The van der Waals surface area contributed by atoms with Gasteiger partial charge in [0, 0.05) is 11.2 Å². The van der Waals surface area contributed by atoms with Gasteiger partial charge >= 0.3 is 11.9 Å². The Labute approximate surface area is 217 Å². The zero-order valence-corrected chi connectivity index (χ0v) is 20.6. The minimum Gasteiger partial charge on any atom is -0.466 e. The van der Waals surface area contributed by atoms with E-state index in [0.29, 0.717) is 11.3 Å². The van der Waals surface area contributed by atoms with E-state index < -0.39 is 17.9 Å². The predicted molar refractivity (Wildman–Crippen MR) is 135 cm³/mol. The Hall–Kier alpha value is -4.81. The lowest BCUT2D eigenvalue weighted by atomic mass is 9.81. The average molecular weight is 517 g/mol.